The molecule has 0 unspecified atom stereocenters. The number of aryl methyl sites for hydroxylation is 1. The zero-order chi connectivity index (χ0) is 11.3. The molecular weight excluding hydrogens is 190 g/mol. The highest BCUT2D eigenvalue weighted by molar-refractivity contribution is 5.19. The smallest absolute Gasteiger partial charge is 0.130 e. The summed E-state index contributed by atoms with van der Waals surface area (Å²) in [6.07, 6.45) is 0. The van der Waals surface area contributed by atoms with Crippen molar-refractivity contribution in [1.29, 1.82) is 0 Å². The van der Waals surface area contributed by atoms with E-state index in [9.17, 15) is 0 Å². The van der Waals surface area contributed by atoms with Crippen LogP contribution in [0.25, 0.3) is 0 Å². The summed E-state index contributed by atoms with van der Waals surface area (Å²) in [4.78, 5) is 0. The van der Waals surface area contributed by atoms with Crippen molar-refractivity contribution in [1.82, 2.24) is 5.32 Å². The van der Waals surface area contributed by atoms with Gasteiger partial charge in [0.05, 0.1) is 6.54 Å². The van der Waals surface area contributed by atoms with E-state index in [1.54, 1.807) is 0 Å². The average Bonchev–Trinajstić information content (AvgIpc) is 2.53. The molecule has 0 bridgehead atoms. The molecule has 1 aromatic heterocycles. The minimum atomic E-state index is 0.477. The Morgan fingerprint density at radius 1 is 1.47 bits per heavy atom. The second-order valence-electron chi connectivity index (χ2n) is 3.99. The monoisotopic (exact) mass is 211 g/mol. The van der Waals surface area contributed by atoms with Gasteiger partial charge >= 0.3 is 0 Å². The van der Waals surface area contributed by atoms with Gasteiger partial charge in [-0.3, -0.25) is 0 Å². The van der Waals surface area contributed by atoms with Crippen LogP contribution in [0.5, 0.6) is 0 Å². The second kappa shape index (κ2) is 5.93. The van der Waals surface area contributed by atoms with Crippen molar-refractivity contribution in [3.63, 3.8) is 0 Å². The lowest BCUT2D eigenvalue weighted by molar-refractivity contribution is 0.117. The summed E-state index contributed by atoms with van der Waals surface area (Å²) in [5, 5.41) is 3.34. The molecule has 0 aliphatic rings. The third kappa shape index (κ3) is 4.06. The predicted octanol–water partition coefficient (Wildman–Crippen LogP) is 2.62. The van der Waals surface area contributed by atoms with E-state index in [2.05, 4.69) is 26.1 Å². The van der Waals surface area contributed by atoms with Crippen molar-refractivity contribution in [2.24, 2.45) is 0 Å². The lowest BCUT2D eigenvalue weighted by atomic mass is 10.2. The Morgan fingerprint density at radius 2 is 2.20 bits per heavy atom. The van der Waals surface area contributed by atoms with E-state index >= 15 is 0 Å². The van der Waals surface area contributed by atoms with Gasteiger partial charge in [0.1, 0.15) is 18.1 Å². The molecule has 1 N–H and O–H groups in total. The Balaban J connectivity index is 2.52. The summed E-state index contributed by atoms with van der Waals surface area (Å²) in [7, 11) is 0. The number of furan rings is 1. The van der Waals surface area contributed by atoms with Gasteiger partial charge in [-0.25, -0.2) is 0 Å². The highest BCUT2D eigenvalue weighted by Crippen LogP contribution is 2.15. The van der Waals surface area contributed by atoms with Gasteiger partial charge in [0.15, 0.2) is 0 Å². The fourth-order valence-corrected chi connectivity index (χ4v) is 1.34. The molecule has 0 radical (unpaired) electrons. The van der Waals surface area contributed by atoms with E-state index in [1.807, 2.05) is 13.0 Å². The first-order chi connectivity index (χ1) is 7.13. The summed E-state index contributed by atoms with van der Waals surface area (Å²) >= 11 is 0. The minimum absolute atomic E-state index is 0.477. The van der Waals surface area contributed by atoms with Crippen LogP contribution in [0, 0.1) is 6.92 Å². The summed E-state index contributed by atoms with van der Waals surface area (Å²) in [5.74, 6) is 1.92. The van der Waals surface area contributed by atoms with Gasteiger partial charge in [0.25, 0.3) is 0 Å². The van der Waals surface area contributed by atoms with Crippen LogP contribution in [0.4, 0.5) is 0 Å². The first kappa shape index (κ1) is 12.3. The quantitative estimate of drug-likeness (QED) is 0.785. The lowest BCUT2D eigenvalue weighted by Gasteiger charge is -2.06. The first-order valence-corrected chi connectivity index (χ1v) is 5.52. The van der Waals surface area contributed by atoms with Crippen molar-refractivity contribution >= 4 is 0 Å². The summed E-state index contributed by atoms with van der Waals surface area (Å²) in [6, 6.07) is 2.53. The minimum Gasteiger partial charge on any atom is -0.462 e. The Bertz CT molecular complexity index is 292. The van der Waals surface area contributed by atoms with Gasteiger partial charge in [-0.2, -0.15) is 0 Å². The number of hydrogen-bond donors (Lipinski definition) is 1. The van der Waals surface area contributed by atoms with Crippen LogP contribution < -0.4 is 5.32 Å². The summed E-state index contributed by atoms with van der Waals surface area (Å²) in [5.41, 5.74) is 1.19. The largest absolute Gasteiger partial charge is 0.462 e. The molecule has 1 rings (SSSR count). The topological polar surface area (TPSA) is 34.4 Å². The fourth-order valence-electron chi connectivity index (χ4n) is 1.34. The molecule has 3 nitrogen and oxygen atoms in total. The summed E-state index contributed by atoms with van der Waals surface area (Å²) < 4.78 is 11.0. The molecule has 86 valence electrons. The van der Waals surface area contributed by atoms with Crippen LogP contribution in [0.1, 0.15) is 37.9 Å². The SMILES string of the molecule is CCOCc1cc(C)c(CNC(C)C)o1. The second-order valence-corrected chi connectivity index (χ2v) is 3.99. The van der Waals surface area contributed by atoms with Crippen molar-refractivity contribution in [3.05, 3.63) is 23.2 Å². The van der Waals surface area contributed by atoms with Gasteiger partial charge < -0.3 is 14.5 Å². The van der Waals surface area contributed by atoms with Crippen LogP contribution in [-0.4, -0.2) is 12.6 Å². The van der Waals surface area contributed by atoms with E-state index in [0.29, 0.717) is 12.6 Å². The normalized spacial score (nSPS) is 11.3. The van der Waals surface area contributed by atoms with Crippen LogP contribution in [0.2, 0.25) is 0 Å². The molecule has 0 spiro atoms. The Labute approximate surface area is 91.8 Å². The fraction of sp³-hybridized carbons (Fsp3) is 0.667. The number of hydrogen-bond acceptors (Lipinski definition) is 3. The van der Waals surface area contributed by atoms with Gasteiger partial charge in [-0.15, -0.1) is 0 Å². The van der Waals surface area contributed by atoms with Crippen molar-refractivity contribution in [2.45, 2.75) is 46.9 Å². The van der Waals surface area contributed by atoms with E-state index in [0.717, 1.165) is 24.7 Å². The first-order valence-electron chi connectivity index (χ1n) is 5.52. The molecule has 3 heteroatoms. The van der Waals surface area contributed by atoms with Crippen LogP contribution in [0.15, 0.2) is 10.5 Å². The van der Waals surface area contributed by atoms with E-state index in [1.165, 1.54) is 5.56 Å². The predicted molar refractivity (Wildman–Crippen MR) is 60.8 cm³/mol. The van der Waals surface area contributed by atoms with Crippen molar-refractivity contribution in [3.8, 4) is 0 Å². The van der Waals surface area contributed by atoms with Crippen LogP contribution in [-0.2, 0) is 17.9 Å². The standard InChI is InChI=1S/C12H21NO2/c1-5-14-8-11-6-10(4)12(15-11)7-13-9(2)3/h6,9,13H,5,7-8H2,1-4H3. The maximum Gasteiger partial charge on any atom is 0.130 e. The van der Waals surface area contributed by atoms with E-state index < -0.39 is 0 Å². The molecule has 0 amide bonds. The molecule has 0 fully saturated rings. The van der Waals surface area contributed by atoms with E-state index in [-0.39, 0.29) is 0 Å². The highest BCUT2D eigenvalue weighted by Gasteiger charge is 2.07. The Kier molecular flexibility index (Phi) is 4.85. The van der Waals surface area contributed by atoms with Crippen molar-refractivity contribution in [2.75, 3.05) is 6.61 Å². The Morgan fingerprint density at radius 3 is 2.80 bits per heavy atom. The van der Waals surface area contributed by atoms with Crippen LogP contribution in [0.3, 0.4) is 0 Å². The molecule has 0 aromatic carbocycles. The number of ether oxygens (including phenoxy) is 1. The number of nitrogens with one attached hydrogen (secondary N) is 1. The third-order valence-electron chi connectivity index (χ3n) is 2.19. The maximum absolute atomic E-state index is 5.68. The third-order valence-corrected chi connectivity index (χ3v) is 2.19. The lowest BCUT2D eigenvalue weighted by Crippen LogP contribution is -2.21. The van der Waals surface area contributed by atoms with Gasteiger partial charge in [-0.1, -0.05) is 13.8 Å². The molecule has 0 saturated carbocycles. The van der Waals surface area contributed by atoms with Gasteiger partial charge in [-0.05, 0) is 25.5 Å². The highest BCUT2D eigenvalue weighted by atomic mass is 16.5. The molecule has 15 heavy (non-hydrogen) atoms. The molecule has 0 aliphatic heterocycles. The zero-order valence-electron chi connectivity index (χ0n) is 10.1. The molecular formula is C12H21NO2. The van der Waals surface area contributed by atoms with E-state index in [4.69, 9.17) is 9.15 Å². The summed E-state index contributed by atoms with van der Waals surface area (Å²) in [6.45, 7) is 10.4. The van der Waals surface area contributed by atoms with Gasteiger partial charge in [0.2, 0.25) is 0 Å². The molecule has 0 atom stereocenters. The van der Waals surface area contributed by atoms with Crippen LogP contribution >= 0.6 is 0 Å². The number of rotatable bonds is 6. The Hall–Kier alpha value is -0.800. The molecule has 1 aromatic rings. The van der Waals surface area contributed by atoms with Gasteiger partial charge in [0, 0.05) is 12.6 Å². The van der Waals surface area contributed by atoms with Crippen molar-refractivity contribution < 1.29 is 9.15 Å². The molecule has 1 heterocycles. The zero-order valence-corrected chi connectivity index (χ0v) is 10.1. The maximum atomic E-state index is 5.68. The molecule has 0 aliphatic carbocycles. The average molecular weight is 211 g/mol. The molecule has 0 saturated heterocycles.